The van der Waals surface area contributed by atoms with Crippen molar-refractivity contribution in [3.05, 3.63) is 47.0 Å². The number of methoxy groups -OCH3 is 1. The van der Waals surface area contributed by atoms with Crippen LogP contribution in [0.2, 0.25) is 5.02 Å². The first-order chi connectivity index (χ1) is 13.9. The molecule has 1 unspecified atom stereocenters. The van der Waals surface area contributed by atoms with E-state index in [1.807, 2.05) is 45.0 Å². The van der Waals surface area contributed by atoms with Crippen molar-refractivity contribution in [2.75, 3.05) is 17.7 Å². The lowest BCUT2D eigenvalue weighted by Crippen LogP contribution is -2.24. The number of amides is 2. The summed E-state index contributed by atoms with van der Waals surface area (Å²) in [6, 6.07) is 11.0. The molecule has 5 nitrogen and oxygen atoms in total. The predicted molar refractivity (Wildman–Crippen MR) is 121 cm³/mol. The third kappa shape index (κ3) is 6.68. The average molecular weight is 435 g/mol. The third-order valence-corrected chi connectivity index (χ3v) is 6.04. The Balaban J connectivity index is 2.11. The zero-order valence-corrected chi connectivity index (χ0v) is 18.7. The van der Waals surface area contributed by atoms with Gasteiger partial charge in [0.1, 0.15) is 5.75 Å². The van der Waals surface area contributed by atoms with Crippen LogP contribution in [-0.2, 0) is 9.59 Å². The van der Waals surface area contributed by atoms with Crippen LogP contribution < -0.4 is 15.4 Å². The second-order valence-electron chi connectivity index (χ2n) is 6.63. The number of halogens is 1. The van der Waals surface area contributed by atoms with E-state index in [0.29, 0.717) is 29.3 Å². The number of hydrogen-bond acceptors (Lipinski definition) is 4. The second-order valence-corrected chi connectivity index (χ2v) is 8.32. The molecule has 1 atom stereocenters. The van der Waals surface area contributed by atoms with Crippen molar-refractivity contribution in [3.63, 3.8) is 0 Å². The topological polar surface area (TPSA) is 67.4 Å². The Morgan fingerprint density at radius 2 is 1.93 bits per heavy atom. The molecule has 0 aromatic heterocycles. The van der Waals surface area contributed by atoms with Gasteiger partial charge in [-0.3, -0.25) is 9.59 Å². The monoisotopic (exact) mass is 434 g/mol. The molecule has 0 radical (unpaired) electrons. The molecule has 0 saturated carbocycles. The highest BCUT2D eigenvalue weighted by Crippen LogP contribution is 2.33. The molecule has 0 saturated heterocycles. The fourth-order valence-electron chi connectivity index (χ4n) is 2.73. The Bertz CT molecular complexity index is 873. The van der Waals surface area contributed by atoms with Gasteiger partial charge < -0.3 is 15.4 Å². The van der Waals surface area contributed by atoms with Crippen molar-refractivity contribution in [1.82, 2.24) is 0 Å². The largest absolute Gasteiger partial charge is 0.495 e. The molecule has 2 aromatic carbocycles. The fraction of sp³-hybridized carbons (Fsp3) is 0.364. The third-order valence-electron chi connectivity index (χ3n) is 4.28. The van der Waals surface area contributed by atoms with E-state index in [2.05, 4.69) is 10.6 Å². The van der Waals surface area contributed by atoms with Gasteiger partial charge in [0.15, 0.2) is 0 Å². The van der Waals surface area contributed by atoms with Crippen LogP contribution in [0.15, 0.2) is 41.3 Å². The average Bonchev–Trinajstić information content (AvgIpc) is 2.69. The van der Waals surface area contributed by atoms with Crippen LogP contribution in [0.1, 0.15) is 38.7 Å². The first kappa shape index (κ1) is 23.1. The second kappa shape index (κ2) is 11.1. The molecule has 0 aliphatic heterocycles. The van der Waals surface area contributed by atoms with Crippen LogP contribution in [-0.4, -0.2) is 24.2 Å². The molecular formula is C22H27ClN2O3S. The maximum atomic E-state index is 12.9. The van der Waals surface area contributed by atoms with Gasteiger partial charge in [0.2, 0.25) is 11.8 Å². The predicted octanol–water partition coefficient (Wildman–Crippen LogP) is 5.91. The van der Waals surface area contributed by atoms with Gasteiger partial charge in [-0.1, -0.05) is 31.5 Å². The summed E-state index contributed by atoms with van der Waals surface area (Å²) in [7, 11) is 1.54. The highest BCUT2D eigenvalue weighted by atomic mass is 35.5. The van der Waals surface area contributed by atoms with Crippen LogP contribution in [0.5, 0.6) is 5.75 Å². The quantitative estimate of drug-likeness (QED) is 0.482. The summed E-state index contributed by atoms with van der Waals surface area (Å²) in [6.45, 7) is 5.81. The number of carbonyl (C=O) groups excluding carboxylic acids is 2. The van der Waals surface area contributed by atoms with Crippen molar-refractivity contribution >= 4 is 46.6 Å². The molecule has 156 valence electrons. The Morgan fingerprint density at radius 1 is 1.17 bits per heavy atom. The van der Waals surface area contributed by atoms with Crippen molar-refractivity contribution < 1.29 is 14.3 Å². The van der Waals surface area contributed by atoms with Gasteiger partial charge >= 0.3 is 0 Å². The van der Waals surface area contributed by atoms with E-state index >= 15 is 0 Å². The number of nitrogens with one attached hydrogen (secondary N) is 2. The molecule has 29 heavy (non-hydrogen) atoms. The smallest absolute Gasteiger partial charge is 0.237 e. The number of aryl methyl sites for hydroxylation is 1. The minimum absolute atomic E-state index is 0.00959. The Hall–Kier alpha value is -2.18. The van der Waals surface area contributed by atoms with Gasteiger partial charge in [0, 0.05) is 28.1 Å². The number of ether oxygens (including phenoxy) is 1. The molecule has 0 heterocycles. The summed E-state index contributed by atoms with van der Waals surface area (Å²) in [4.78, 5) is 25.6. The van der Waals surface area contributed by atoms with Crippen molar-refractivity contribution in [1.29, 1.82) is 0 Å². The summed E-state index contributed by atoms with van der Waals surface area (Å²) in [5.74, 6) is 0.400. The SMILES string of the molecule is CCCC(=O)Nc1cccc(SC(CC)C(=O)Nc2cc(C)c(Cl)cc2OC)c1. The molecule has 0 aliphatic rings. The zero-order valence-electron chi connectivity index (χ0n) is 17.2. The van der Waals surface area contributed by atoms with E-state index in [4.69, 9.17) is 16.3 Å². The number of benzene rings is 2. The van der Waals surface area contributed by atoms with E-state index in [-0.39, 0.29) is 17.1 Å². The first-order valence-corrected chi connectivity index (χ1v) is 10.8. The van der Waals surface area contributed by atoms with Crippen molar-refractivity contribution in [2.24, 2.45) is 0 Å². The highest BCUT2D eigenvalue weighted by Gasteiger charge is 2.20. The van der Waals surface area contributed by atoms with Crippen LogP contribution in [0.25, 0.3) is 0 Å². The normalized spacial score (nSPS) is 11.6. The van der Waals surface area contributed by atoms with Crippen LogP contribution in [0.3, 0.4) is 0 Å². The minimum atomic E-state index is -0.294. The standard InChI is InChI=1S/C22H27ClN2O3S/c1-5-8-21(26)24-15-9-7-10-16(12-15)29-20(6-2)22(27)25-18-11-14(3)17(23)13-19(18)28-4/h7,9-13,20H,5-6,8H2,1-4H3,(H,24,26)(H,25,27). The number of anilines is 2. The molecule has 2 amide bonds. The van der Waals surface area contributed by atoms with Crippen LogP contribution in [0.4, 0.5) is 11.4 Å². The molecule has 0 spiro atoms. The number of hydrogen-bond donors (Lipinski definition) is 2. The first-order valence-electron chi connectivity index (χ1n) is 9.59. The molecule has 7 heteroatoms. The fourth-order valence-corrected chi connectivity index (χ4v) is 3.89. The number of rotatable bonds is 9. The van der Waals surface area contributed by atoms with E-state index < -0.39 is 0 Å². The molecule has 0 aliphatic carbocycles. The van der Waals surface area contributed by atoms with Gasteiger partial charge in [-0.15, -0.1) is 11.8 Å². The van der Waals surface area contributed by atoms with Gasteiger partial charge in [-0.25, -0.2) is 0 Å². The van der Waals surface area contributed by atoms with Gasteiger partial charge in [-0.05, 0) is 49.6 Å². The summed E-state index contributed by atoms with van der Waals surface area (Å²) in [5.41, 5.74) is 2.19. The lowest BCUT2D eigenvalue weighted by atomic mass is 10.2. The van der Waals surface area contributed by atoms with Crippen LogP contribution >= 0.6 is 23.4 Å². The maximum absolute atomic E-state index is 12.9. The summed E-state index contributed by atoms with van der Waals surface area (Å²) in [6.07, 6.45) is 1.93. The van der Waals surface area contributed by atoms with E-state index in [1.54, 1.807) is 19.2 Å². The Labute approximate surface area is 181 Å². The molecule has 2 aromatic rings. The summed E-state index contributed by atoms with van der Waals surface area (Å²) in [5, 5.41) is 6.13. The van der Waals surface area contributed by atoms with Crippen molar-refractivity contribution in [2.45, 2.75) is 50.2 Å². The van der Waals surface area contributed by atoms with Gasteiger partial charge in [0.25, 0.3) is 0 Å². The molecule has 2 rings (SSSR count). The van der Waals surface area contributed by atoms with E-state index in [1.165, 1.54) is 11.8 Å². The number of thioether (sulfide) groups is 1. The summed E-state index contributed by atoms with van der Waals surface area (Å²) < 4.78 is 5.34. The molecule has 2 N–H and O–H groups in total. The molecular weight excluding hydrogens is 408 g/mol. The Kier molecular flexibility index (Phi) is 8.86. The maximum Gasteiger partial charge on any atom is 0.237 e. The van der Waals surface area contributed by atoms with Crippen molar-refractivity contribution in [3.8, 4) is 5.75 Å². The molecule has 0 bridgehead atoms. The minimum Gasteiger partial charge on any atom is -0.495 e. The van der Waals surface area contributed by atoms with Gasteiger partial charge in [-0.2, -0.15) is 0 Å². The highest BCUT2D eigenvalue weighted by molar-refractivity contribution is 8.00. The lowest BCUT2D eigenvalue weighted by Gasteiger charge is -2.17. The summed E-state index contributed by atoms with van der Waals surface area (Å²) >= 11 is 7.60. The zero-order chi connectivity index (χ0) is 21.4. The number of carbonyl (C=O) groups is 2. The lowest BCUT2D eigenvalue weighted by molar-refractivity contribution is -0.116. The Morgan fingerprint density at radius 3 is 2.59 bits per heavy atom. The van der Waals surface area contributed by atoms with Gasteiger partial charge in [0.05, 0.1) is 18.0 Å². The van der Waals surface area contributed by atoms with E-state index in [0.717, 1.165) is 22.6 Å². The van der Waals surface area contributed by atoms with E-state index in [9.17, 15) is 9.59 Å². The van der Waals surface area contributed by atoms with Crippen LogP contribution in [0, 0.1) is 6.92 Å². The molecule has 0 fully saturated rings.